The van der Waals surface area contributed by atoms with Gasteiger partial charge >= 0.3 is 0 Å². The van der Waals surface area contributed by atoms with Gasteiger partial charge < -0.3 is 4.90 Å². The van der Waals surface area contributed by atoms with E-state index in [4.69, 9.17) is 0 Å². The lowest BCUT2D eigenvalue weighted by molar-refractivity contribution is 0.603. The Bertz CT molecular complexity index is 787. The molecule has 7 heteroatoms. The molecule has 0 radical (unpaired) electrons. The van der Waals surface area contributed by atoms with Crippen LogP contribution in [0.4, 0.5) is 10.2 Å². The maximum absolute atomic E-state index is 13.1. The van der Waals surface area contributed by atoms with Gasteiger partial charge in [0.25, 0.3) is 0 Å². The number of thioether (sulfide) groups is 1. The summed E-state index contributed by atoms with van der Waals surface area (Å²) >= 11 is 1.61. The van der Waals surface area contributed by atoms with Crippen LogP contribution in [-0.4, -0.2) is 25.6 Å². The first-order chi connectivity index (χ1) is 10.8. The Morgan fingerprint density at radius 3 is 2.68 bits per heavy atom. The summed E-state index contributed by atoms with van der Waals surface area (Å²) in [5.41, 5.74) is 0.851. The zero-order chi connectivity index (χ0) is 14.9. The number of pyridine rings is 1. The lowest BCUT2D eigenvalue weighted by Gasteiger charge is -2.28. The highest BCUT2D eigenvalue weighted by molar-refractivity contribution is 7.99. The van der Waals surface area contributed by atoms with Crippen LogP contribution in [0.15, 0.2) is 53.8 Å². The van der Waals surface area contributed by atoms with Crippen LogP contribution in [0.25, 0.3) is 11.4 Å². The molecule has 4 rings (SSSR count). The molecule has 22 heavy (non-hydrogen) atoms. The van der Waals surface area contributed by atoms with E-state index in [-0.39, 0.29) is 5.82 Å². The molecule has 0 unspecified atom stereocenters. The van der Waals surface area contributed by atoms with Crippen molar-refractivity contribution in [3.8, 4) is 11.4 Å². The SMILES string of the molecule is Fc1ccc(-c2nnc3n2CN(c2ccccn2)CS3)cc1. The summed E-state index contributed by atoms with van der Waals surface area (Å²) in [5.74, 6) is 2.17. The number of fused-ring (bicyclic) bond motifs is 1. The fourth-order valence-corrected chi connectivity index (χ4v) is 3.25. The highest BCUT2D eigenvalue weighted by atomic mass is 32.2. The fraction of sp³-hybridized carbons (Fsp3) is 0.133. The van der Waals surface area contributed by atoms with E-state index in [0.29, 0.717) is 6.67 Å². The summed E-state index contributed by atoms with van der Waals surface area (Å²) in [6.45, 7) is 0.624. The summed E-state index contributed by atoms with van der Waals surface area (Å²) in [6.07, 6.45) is 1.78. The highest BCUT2D eigenvalue weighted by Gasteiger charge is 2.23. The van der Waals surface area contributed by atoms with Crippen molar-refractivity contribution in [2.45, 2.75) is 11.8 Å². The largest absolute Gasteiger partial charge is 0.329 e. The molecule has 0 aliphatic carbocycles. The van der Waals surface area contributed by atoms with Crippen molar-refractivity contribution in [2.24, 2.45) is 0 Å². The van der Waals surface area contributed by atoms with Gasteiger partial charge in [-0.15, -0.1) is 10.2 Å². The first-order valence-corrected chi connectivity index (χ1v) is 7.78. The first kappa shape index (κ1) is 13.3. The second-order valence-electron chi connectivity index (χ2n) is 4.88. The van der Waals surface area contributed by atoms with E-state index in [9.17, 15) is 4.39 Å². The summed E-state index contributed by atoms with van der Waals surface area (Å²) in [7, 11) is 0. The Morgan fingerprint density at radius 1 is 1.05 bits per heavy atom. The molecule has 3 aromatic rings. The van der Waals surface area contributed by atoms with Gasteiger partial charge in [-0.25, -0.2) is 9.37 Å². The molecule has 5 nitrogen and oxygen atoms in total. The Balaban J connectivity index is 1.69. The van der Waals surface area contributed by atoms with Crippen LogP contribution in [0.2, 0.25) is 0 Å². The minimum Gasteiger partial charge on any atom is -0.329 e. The number of benzene rings is 1. The molecule has 1 aliphatic heterocycles. The Hall–Kier alpha value is -2.41. The molecule has 1 aromatic carbocycles. The van der Waals surface area contributed by atoms with E-state index in [1.165, 1.54) is 12.1 Å². The molecule has 0 bridgehead atoms. The molecule has 0 atom stereocenters. The van der Waals surface area contributed by atoms with E-state index in [1.807, 2.05) is 22.8 Å². The molecule has 1 aliphatic rings. The van der Waals surface area contributed by atoms with E-state index in [0.717, 1.165) is 28.2 Å². The van der Waals surface area contributed by atoms with Crippen molar-refractivity contribution >= 4 is 17.6 Å². The van der Waals surface area contributed by atoms with Crippen LogP contribution in [0, 0.1) is 5.82 Å². The Kier molecular flexibility index (Phi) is 3.27. The van der Waals surface area contributed by atoms with Crippen LogP contribution >= 0.6 is 11.8 Å². The summed E-state index contributed by atoms with van der Waals surface area (Å²) in [5, 5.41) is 9.33. The smallest absolute Gasteiger partial charge is 0.194 e. The zero-order valence-electron chi connectivity index (χ0n) is 11.6. The number of hydrogen-bond donors (Lipinski definition) is 0. The molecule has 0 amide bonds. The van der Waals surface area contributed by atoms with Crippen molar-refractivity contribution in [3.05, 3.63) is 54.5 Å². The van der Waals surface area contributed by atoms with Gasteiger partial charge in [-0.3, -0.25) is 4.57 Å². The molecule has 0 fully saturated rings. The molecule has 2 aromatic heterocycles. The molecule has 0 spiro atoms. The Labute approximate surface area is 130 Å². The van der Waals surface area contributed by atoms with Crippen molar-refractivity contribution in [3.63, 3.8) is 0 Å². The average molecular weight is 313 g/mol. The number of halogens is 1. The van der Waals surface area contributed by atoms with Gasteiger partial charge in [0.15, 0.2) is 11.0 Å². The third kappa shape index (κ3) is 2.33. The van der Waals surface area contributed by atoms with Crippen molar-refractivity contribution in [1.29, 1.82) is 0 Å². The van der Waals surface area contributed by atoms with Crippen LogP contribution in [-0.2, 0) is 6.67 Å². The van der Waals surface area contributed by atoms with Crippen LogP contribution < -0.4 is 4.90 Å². The van der Waals surface area contributed by atoms with E-state index < -0.39 is 0 Å². The quantitative estimate of drug-likeness (QED) is 0.728. The third-order valence-corrected chi connectivity index (χ3v) is 4.46. The van der Waals surface area contributed by atoms with Crippen molar-refractivity contribution in [1.82, 2.24) is 19.7 Å². The van der Waals surface area contributed by atoms with Gasteiger partial charge in [0.2, 0.25) is 0 Å². The maximum atomic E-state index is 13.1. The fourth-order valence-electron chi connectivity index (χ4n) is 2.36. The lowest BCUT2D eigenvalue weighted by Crippen LogP contribution is -2.31. The van der Waals surface area contributed by atoms with Gasteiger partial charge in [0.1, 0.15) is 18.3 Å². The van der Waals surface area contributed by atoms with Gasteiger partial charge in [-0.05, 0) is 36.4 Å². The maximum Gasteiger partial charge on any atom is 0.194 e. The van der Waals surface area contributed by atoms with E-state index >= 15 is 0 Å². The standard InChI is InChI=1S/C15H12FN5S/c16-12-6-4-11(5-7-12)14-18-19-15-21(14)9-20(10-22-15)13-3-1-2-8-17-13/h1-8H,9-10H2. The number of anilines is 1. The zero-order valence-corrected chi connectivity index (χ0v) is 12.4. The molecule has 3 heterocycles. The molecular weight excluding hydrogens is 301 g/mol. The van der Waals surface area contributed by atoms with Crippen LogP contribution in [0.5, 0.6) is 0 Å². The summed E-state index contributed by atoms with van der Waals surface area (Å²) in [6, 6.07) is 12.2. The number of hydrogen-bond acceptors (Lipinski definition) is 5. The monoisotopic (exact) mass is 313 g/mol. The molecule has 0 saturated carbocycles. The molecule has 0 N–H and O–H groups in total. The number of nitrogens with zero attached hydrogens (tertiary/aromatic N) is 5. The van der Waals surface area contributed by atoms with Gasteiger partial charge in [-0.2, -0.15) is 0 Å². The number of rotatable bonds is 2. The van der Waals surface area contributed by atoms with Gasteiger partial charge in [0, 0.05) is 11.8 Å². The minimum absolute atomic E-state index is 0.258. The highest BCUT2D eigenvalue weighted by Crippen LogP contribution is 2.30. The predicted octanol–water partition coefficient (Wildman–Crippen LogP) is 3.01. The first-order valence-electron chi connectivity index (χ1n) is 6.79. The second-order valence-corrected chi connectivity index (χ2v) is 5.80. The topological polar surface area (TPSA) is 46.8 Å². The summed E-state index contributed by atoms with van der Waals surface area (Å²) < 4.78 is 15.1. The normalized spacial score (nSPS) is 14.0. The number of aromatic nitrogens is 4. The van der Waals surface area contributed by atoms with Crippen molar-refractivity contribution < 1.29 is 4.39 Å². The van der Waals surface area contributed by atoms with E-state index in [2.05, 4.69) is 20.1 Å². The minimum atomic E-state index is -0.258. The van der Waals surface area contributed by atoms with Gasteiger partial charge in [-0.1, -0.05) is 17.8 Å². The van der Waals surface area contributed by atoms with Crippen molar-refractivity contribution in [2.75, 3.05) is 10.8 Å². The second kappa shape index (κ2) is 5.42. The average Bonchev–Trinajstić information content (AvgIpc) is 2.99. The van der Waals surface area contributed by atoms with Crippen LogP contribution in [0.3, 0.4) is 0 Å². The van der Waals surface area contributed by atoms with Crippen LogP contribution in [0.1, 0.15) is 0 Å². The van der Waals surface area contributed by atoms with Gasteiger partial charge in [0.05, 0.1) is 5.88 Å². The lowest BCUT2D eigenvalue weighted by atomic mass is 10.2. The van der Waals surface area contributed by atoms with E-state index in [1.54, 1.807) is 30.1 Å². The molecular formula is C15H12FN5S. The molecule has 0 saturated heterocycles. The summed E-state index contributed by atoms with van der Waals surface area (Å²) in [4.78, 5) is 6.53. The third-order valence-electron chi connectivity index (χ3n) is 3.45. The Morgan fingerprint density at radius 2 is 1.91 bits per heavy atom. The molecule has 110 valence electrons. The predicted molar refractivity (Wildman–Crippen MR) is 82.9 cm³/mol.